The first-order valence-corrected chi connectivity index (χ1v) is 3.28. The van der Waals surface area contributed by atoms with Crippen LogP contribution in [-0.2, 0) is 14.3 Å². The number of aliphatic hydroxyl groups is 3. The summed E-state index contributed by atoms with van der Waals surface area (Å²) < 4.78 is 4.32. The van der Waals surface area contributed by atoms with Gasteiger partial charge in [0.25, 0.3) is 0 Å². The van der Waals surface area contributed by atoms with E-state index < -0.39 is 30.4 Å². The SMILES string of the molecule is O=C[C@H](O)C1OC(=O)[C@@H](O)[C@H]1O. The first kappa shape index (κ1) is 9.11. The molecule has 0 aromatic rings. The van der Waals surface area contributed by atoms with Crippen LogP contribution >= 0.6 is 0 Å². The first-order valence-electron chi connectivity index (χ1n) is 3.28. The Labute approximate surface area is 67.4 Å². The zero-order valence-corrected chi connectivity index (χ0v) is 5.95. The van der Waals surface area contributed by atoms with Gasteiger partial charge < -0.3 is 24.9 Å². The highest BCUT2D eigenvalue weighted by Crippen LogP contribution is 2.17. The second-order valence-electron chi connectivity index (χ2n) is 2.46. The molecule has 68 valence electrons. The van der Waals surface area contributed by atoms with Crippen molar-refractivity contribution >= 4 is 12.3 Å². The van der Waals surface area contributed by atoms with E-state index in [0.29, 0.717) is 0 Å². The van der Waals surface area contributed by atoms with Crippen LogP contribution in [-0.4, -0.2) is 52.0 Å². The number of aliphatic hydroxyl groups excluding tert-OH is 3. The molecule has 1 rings (SSSR count). The normalized spacial score (nSPS) is 37.6. The molecule has 3 N–H and O–H groups in total. The lowest BCUT2D eigenvalue weighted by Crippen LogP contribution is -2.39. The number of cyclic esters (lactones) is 1. The number of esters is 1. The predicted octanol–water partition coefficient (Wildman–Crippen LogP) is -2.81. The first-order chi connectivity index (χ1) is 5.57. The maximum atomic E-state index is 10.6. The van der Waals surface area contributed by atoms with Gasteiger partial charge in [-0.25, -0.2) is 4.79 Å². The standard InChI is InChI=1S/C6H8O6/c7-1-2(8)5-3(9)4(10)6(11)12-5/h1-5,8-10H/t2-,3+,4-,5?/m0/s1. The summed E-state index contributed by atoms with van der Waals surface area (Å²) in [5.74, 6) is -1.03. The lowest BCUT2D eigenvalue weighted by Gasteiger charge is -2.14. The molecule has 0 radical (unpaired) electrons. The third kappa shape index (κ3) is 1.31. The van der Waals surface area contributed by atoms with Crippen molar-refractivity contribution in [2.45, 2.75) is 24.4 Å². The molecule has 1 aliphatic rings. The topological polar surface area (TPSA) is 104 Å². The molecule has 1 aliphatic heterocycles. The van der Waals surface area contributed by atoms with Crippen molar-refractivity contribution in [1.29, 1.82) is 0 Å². The molecule has 1 fully saturated rings. The number of hydrogen-bond donors (Lipinski definition) is 3. The highest BCUT2D eigenvalue weighted by atomic mass is 16.6. The van der Waals surface area contributed by atoms with Crippen LogP contribution in [0.2, 0.25) is 0 Å². The third-order valence-electron chi connectivity index (χ3n) is 1.63. The summed E-state index contributed by atoms with van der Waals surface area (Å²) in [6.07, 6.45) is -6.05. The van der Waals surface area contributed by atoms with Crippen molar-refractivity contribution in [2.75, 3.05) is 0 Å². The third-order valence-corrected chi connectivity index (χ3v) is 1.63. The Hall–Kier alpha value is -0.980. The summed E-state index contributed by atoms with van der Waals surface area (Å²) in [5, 5.41) is 26.7. The minimum atomic E-state index is -1.68. The van der Waals surface area contributed by atoms with Crippen molar-refractivity contribution in [3.05, 3.63) is 0 Å². The van der Waals surface area contributed by atoms with E-state index >= 15 is 0 Å². The van der Waals surface area contributed by atoms with Crippen LogP contribution in [0.1, 0.15) is 0 Å². The van der Waals surface area contributed by atoms with Gasteiger partial charge in [-0.2, -0.15) is 0 Å². The number of aldehydes is 1. The fourth-order valence-electron chi connectivity index (χ4n) is 0.942. The molecule has 0 spiro atoms. The van der Waals surface area contributed by atoms with Crippen molar-refractivity contribution in [2.24, 2.45) is 0 Å². The molecule has 0 amide bonds. The second kappa shape index (κ2) is 3.18. The molecule has 6 heteroatoms. The summed E-state index contributed by atoms with van der Waals surface area (Å²) in [4.78, 5) is 20.6. The zero-order valence-electron chi connectivity index (χ0n) is 5.95. The van der Waals surface area contributed by atoms with E-state index in [9.17, 15) is 9.59 Å². The summed E-state index contributed by atoms with van der Waals surface area (Å²) in [7, 11) is 0. The van der Waals surface area contributed by atoms with E-state index in [0.717, 1.165) is 0 Å². The molecule has 4 atom stereocenters. The van der Waals surface area contributed by atoms with Crippen molar-refractivity contribution in [1.82, 2.24) is 0 Å². The Bertz CT molecular complexity index is 202. The fraction of sp³-hybridized carbons (Fsp3) is 0.667. The summed E-state index contributed by atoms with van der Waals surface area (Å²) in [5.41, 5.74) is 0. The number of hydrogen-bond acceptors (Lipinski definition) is 6. The zero-order chi connectivity index (χ0) is 9.30. The van der Waals surface area contributed by atoms with Gasteiger partial charge in [-0.1, -0.05) is 0 Å². The largest absolute Gasteiger partial charge is 0.454 e. The molecule has 1 saturated heterocycles. The molecule has 0 saturated carbocycles. The molecule has 1 unspecified atom stereocenters. The van der Waals surface area contributed by atoms with Crippen LogP contribution in [0.3, 0.4) is 0 Å². The summed E-state index contributed by atoms with van der Waals surface area (Å²) >= 11 is 0. The van der Waals surface area contributed by atoms with Crippen LogP contribution in [0.5, 0.6) is 0 Å². The lowest BCUT2D eigenvalue weighted by molar-refractivity contribution is -0.151. The quantitative estimate of drug-likeness (QED) is 0.310. The minimum absolute atomic E-state index is 0.124. The molecule has 0 aromatic carbocycles. The average Bonchev–Trinajstić information content (AvgIpc) is 2.32. The lowest BCUT2D eigenvalue weighted by atomic mass is 10.1. The van der Waals surface area contributed by atoms with Crippen molar-refractivity contribution in [3.63, 3.8) is 0 Å². The Morgan fingerprint density at radius 2 is 2.08 bits per heavy atom. The van der Waals surface area contributed by atoms with Gasteiger partial charge in [0.15, 0.2) is 18.5 Å². The van der Waals surface area contributed by atoms with E-state index in [1.54, 1.807) is 0 Å². The average molecular weight is 176 g/mol. The van der Waals surface area contributed by atoms with Gasteiger partial charge in [0, 0.05) is 0 Å². The van der Waals surface area contributed by atoms with Gasteiger partial charge in [-0.3, -0.25) is 0 Å². The van der Waals surface area contributed by atoms with Crippen molar-refractivity contribution < 1.29 is 29.6 Å². The Balaban J connectivity index is 2.70. The summed E-state index contributed by atoms with van der Waals surface area (Å²) in [6.45, 7) is 0. The van der Waals surface area contributed by atoms with Crippen LogP contribution in [0.15, 0.2) is 0 Å². The van der Waals surface area contributed by atoms with Gasteiger partial charge >= 0.3 is 5.97 Å². The van der Waals surface area contributed by atoms with Gasteiger partial charge in [-0.15, -0.1) is 0 Å². The second-order valence-corrected chi connectivity index (χ2v) is 2.46. The molecule has 12 heavy (non-hydrogen) atoms. The highest BCUT2D eigenvalue weighted by Gasteiger charge is 2.46. The summed E-state index contributed by atoms with van der Waals surface area (Å²) in [6, 6.07) is 0. The van der Waals surface area contributed by atoms with Crippen LogP contribution in [0, 0.1) is 0 Å². The molecule has 1 heterocycles. The van der Waals surface area contributed by atoms with Gasteiger partial charge in [0.2, 0.25) is 0 Å². The Morgan fingerprint density at radius 3 is 2.42 bits per heavy atom. The number of carbonyl (C=O) groups excluding carboxylic acids is 2. The van der Waals surface area contributed by atoms with E-state index in [1.807, 2.05) is 0 Å². The minimum Gasteiger partial charge on any atom is -0.454 e. The van der Waals surface area contributed by atoms with Crippen molar-refractivity contribution in [3.8, 4) is 0 Å². The van der Waals surface area contributed by atoms with Gasteiger partial charge in [0.1, 0.15) is 12.2 Å². The Morgan fingerprint density at radius 1 is 1.50 bits per heavy atom. The molecule has 0 aliphatic carbocycles. The molecular formula is C6H8O6. The molecular weight excluding hydrogens is 168 g/mol. The van der Waals surface area contributed by atoms with Gasteiger partial charge in [0.05, 0.1) is 0 Å². The molecule has 0 bridgehead atoms. The number of ether oxygens (including phenoxy) is 1. The van der Waals surface area contributed by atoms with E-state index in [4.69, 9.17) is 15.3 Å². The van der Waals surface area contributed by atoms with E-state index in [-0.39, 0.29) is 6.29 Å². The van der Waals surface area contributed by atoms with Crippen LogP contribution in [0.25, 0.3) is 0 Å². The maximum absolute atomic E-state index is 10.6. The predicted molar refractivity (Wildman–Crippen MR) is 34.0 cm³/mol. The van der Waals surface area contributed by atoms with Crippen LogP contribution in [0.4, 0.5) is 0 Å². The molecule has 0 aromatic heterocycles. The monoisotopic (exact) mass is 176 g/mol. The molecule has 6 nitrogen and oxygen atoms in total. The van der Waals surface area contributed by atoms with E-state index in [2.05, 4.69) is 4.74 Å². The van der Waals surface area contributed by atoms with E-state index in [1.165, 1.54) is 0 Å². The maximum Gasteiger partial charge on any atom is 0.338 e. The fourth-order valence-corrected chi connectivity index (χ4v) is 0.942. The smallest absolute Gasteiger partial charge is 0.338 e. The number of rotatable bonds is 2. The Kier molecular flexibility index (Phi) is 2.41. The van der Waals surface area contributed by atoms with Crippen LogP contribution < -0.4 is 0 Å². The number of carbonyl (C=O) groups is 2. The highest BCUT2D eigenvalue weighted by molar-refractivity contribution is 5.78. The van der Waals surface area contributed by atoms with Gasteiger partial charge in [-0.05, 0) is 0 Å².